The predicted molar refractivity (Wildman–Crippen MR) is 79.9 cm³/mol. The van der Waals surface area contributed by atoms with E-state index in [1.54, 1.807) is 6.92 Å². The lowest BCUT2D eigenvalue weighted by molar-refractivity contribution is -0.274. The second kappa shape index (κ2) is 6.10. The SMILES string of the molecule is Cc1cnc(C(=O)N2CCCc3cc(OC(F)(F)F)ccc32)cn1. The second-order valence-corrected chi connectivity index (χ2v) is 5.44. The monoisotopic (exact) mass is 337 g/mol. The number of amides is 1. The number of halogens is 3. The molecule has 0 aliphatic carbocycles. The summed E-state index contributed by atoms with van der Waals surface area (Å²) in [6.45, 7) is 2.24. The van der Waals surface area contributed by atoms with Gasteiger partial charge in [0.2, 0.25) is 0 Å². The number of alkyl halides is 3. The maximum absolute atomic E-state index is 12.6. The normalized spacial score (nSPS) is 14.2. The Morgan fingerprint density at radius 1 is 1.25 bits per heavy atom. The molecule has 8 heteroatoms. The third-order valence-corrected chi connectivity index (χ3v) is 3.65. The standard InChI is InChI=1S/C16H14F3N3O2/c1-10-8-21-13(9-20-10)15(23)22-6-2-3-11-7-12(4-5-14(11)22)24-16(17,18)19/h4-5,7-9H,2-3,6H2,1H3. The molecule has 0 saturated heterocycles. The molecule has 1 aromatic carbocycles. The van der Waals surface area contributed by atoms with Crippen molar-refractivity contribution in [1.82, 2.24) is 9.97 Å². The van der Waals surface area contributed by atoms with Crippen LogP contribution < -0.4 is 9.64 Å². The predicted octanol–water partition coefficient (Wildman–Crippen LogP) is 3.28. The summed E-state index contributed by atoms with van der Waals surface area (Å²) in [5, 5.41) is 0. The number of aromatic nitrogens is 2. The van der Waals surface area contributed by atoms with Gasteiger partial charge in [0.05, 0.1) is 11.9 Å². The van der Waals surface area contributed by atoms with Crippen molar-refractivity contribution >= 4 is 11.6 Å². The molecule has 1 aliphatic rings. The van der Waals surface area contributed by atoms with Crippen LogP contribution in [0.5, 0.6) is 5.75 Å². The number of fused-ring (bicyclic) bond motifs is 1. The van der Waals surface area contributed by atoms with Gasteiger partial charge in [0.1, 0.15) is 11.4 Å². The topological polar surface area (TPSA) is 55.3 Å². The minimum Gasteiger partial charge on any atom is -0.406 e. The van der Waals surface area contributed by atoms with Gasteiger partial charge in [-0.25, -0.2) is 4.98 Å². The Morgan fingerprint density at radius 2 is 2.04 bits per heavy atom. The average Bonchev–Trinajstić information content (AvgIpc) is 2.52. The zero-order valence-corrected chi connectivity index (χ0v) is 12.8. The molecule has 1 amide bonds. The van der Waals surface area contributed by atoms with Crippen LogP contribution in [0.3, 0.4) is 0 Å². The van der Waals surface area contributed by atoms with Crippen molar-refractivity contribution in [2.24, 2.45) is 0 Å². The van der Waals surface area contributed by atoms with Crippen LogP contribution in [-0.4, -0.2) is 28.8 Å². The van der Waals surface area contributed by atoms with Gasteiger partial charge >= 0.3 is 6.36 Å². The fourth-order valence-electron chi connectivity index (χ4n) is 2.62. The first-order chi connectivity index (χ1) is 11.3. The molecule has 2 heterocycles. The Labute approximate surface area is 136 Å². The molecule has 5 nitrogen and oxygen atoms in total. The van der Waals surface area contributed by atoms with E-state index < -0.39 is 6.36 Å². The van der Waals surface area contributed by atoms with Crippen molar-refractivity contribution in [1.29, 1.82) is 0 Å². The van der Waals surface area contributed by atoms with Gasteiger partial charge in [0.25, 0.3) is 5.91 Å². The Hall–Kier alpha value is -2.64. The zero-order chi connectivity index (χ0) is 17.3. The fraction of sp³-hybridized carbons (Fsp3) is 0.312. The number of rotatable bonds is 2. The van der Waals surface area contributed by atoms with E-state index >= 15 is 0 Å². The third kappa shape index (κ3) is 3.47. The Kier molecular flexibility index (Phi) is 4.13. The Morgan fingerprint density at radius 3 is 2.71 bits per heavy atom. The number of benzene rings is 1. The van der Waals surface area contributed by atoms with Gasteiger partial charge in [0, 0.05) is 18.4 Å². The van der Waals surface area contributed by atoms with Gasteiger partial charge in [-0.05, 0) is 43.5 Å². The van der Waals surface area contributed by atoms with Crippen LogP contribution in [0.25, 0.3) is 0 Å². The molecule has 0 saturated carbocycles. The molecule has 1 aliphatic heterocycles. The lowest BCUT2D eigenvalue weighted by atomic mass is 10.0. The molecule has 0 radical (unpaired) electrons. The summed E-state index contributed by atoms with van der Waals surface area (Å²) in [6.07, 6.45) is -0.622. The minimum absolute atomic E-state index is 0.198. The largest absolute Gasteiger partial charge is 0.573 e. The van der Waals surface area contributed by atoms with E-state index in [2.05, 4.69) is 14.7 Å². The smallest absolute Gasteiger partial charge is 0.406 e. The molecule has 0 unspecified atom stereocenters. The van der Waals surface area contributed by atoms with E-state index in [1.165, 1.54) is 35.5 Å². The van der Waals surface area contributed by atoms with E-state index in [0.29, 0.717) is 36.3 Å². The molecule has 0 spiro atoms. The van der Waals surface area contributed by atoms with Crippen LogP contribution >= 0.6 is 0 Å². The number of carbonyl (C=O) groups is 1. The number of anilines is 1. The van der Waals surface area contributed by atoms with Crippen LogP contribution in [0.4, 0.5) is 18.9 Å². The number of aryl methyl sites for hydroxylation is 2. The van der Waals surface area contributed by atoms with Crippen LogP contribution in [0.2, 0.25) is 0 Å². The van der Waals surface area contributed by atoms with E-state index in [1.807, 2.05) is 0 Å². The van der Waals surface area contributed by atoms with Crippen LogP contribution in [-0.2, 0) is 6.42 Å². The molecular weight excluding hydrogens is 323 g/mol. The van der Waals surface area contributed by atoms with Crippen molar-refractivity contribution in [3.63, 3.8) is 0 Å². The van der Waals surface area contributed by atoms with Gasteiger partial charge in [-0.1, -0.05) is 0 Å². The lowest BCUT2D eigenvalue weighted by Gasteiger charge is -2.29. The molecule has 0 fully saturated rings. The van der Waals surface area contributed by atoms with Gasteiger partial charge in [-0.3, -0.25) is 9.78 Å². The van der Waals surface area contributed by atoms with Crippen molar-refractivity contribution in [2.45, 2.75) is 26.1 Å². The summed E-state index contributed by atoms with van der Waals surface area (Å²) in [5.41, 5.74) is 2.10. The summed E-state index contributed by atoms with van der Waals surface area (Å²) in [4.78, 5) is 22.2. The summed E-state index contributed by atoms with van der Waals surface area (Å²) >= 11 is 0. The first kappa shape index (κ1) is 16.2. The van der Waals surface area contributed by atoms with E-state index in [0.717, 1.165) is 0 Å². The highest BCUT2D eigenvalue weighted by molar-refractivity contribution is 6.05. The first-order valence-corrected chi connectivity index (χ1v) is 7.33. The molecule has 0 atom stereocenters. The van der Waals surface area contributed by atoms with E-state index in [-0.39, 0.29) is 17.4 Å². The summed E-state index contributed by atoms with van der Waals surface area (Å²) < 4.78 is 40.9. The number of carbonyl (C=O) groups excluding carboxylic acids is 1. The van der Waals surface area contributed by atoms with Gasteiger partial charge in [0.15, 0.2) is 0 Å². The molecule has 24 heavy (non-hydrogen) atoms. The fourth-order valence-corrected chi connectivity index (χ4v) is 2.62. The van der Waals surface area contributed by atoms with Crippen LogP contribution in [0, 0.1) is 6.92 Å². The zero-order valence-electron chi connectivity index (χ0n) is 12.8. The van der Waals surface area contributed by atoms with Crippen molar-refractivity contribution in [3.05, 3.63) is 47.5 Å². The van der Waals surface area contributed by atoms with E-state index in [4.69, 9.17) is 0 Å². The molecule has 0 bridgehead atoms. The number of hydrogen-bond acceptors (Lipinski definition) is 4. The third-order valence-electron chi connectivity index (χ3n) is 3.65. The van der Waals surface area contributed by atoms with Gasteiger partial charge in [-0.2, -0.15) is 0 Å². The lowest BCUT2D eigenvalue weighted by Crippen LogP contribution is -2.36. The van der Waals surface area contributed by atoms with Crippen molar-refractivity contribution in [2.75, 3.05) is 11.4 Å². The van der Waals surface area contributed by atoms with Crippen molar-refractivity contribution < 1.29 is 22.7 Å². The molecule has 1 aromatic heterocycles. The van der Waals surface area contributed by atoms with Crippen molar-refractivity contribution in [3.8, 4) is 5.75 Å². The quantitative estimate of drug-likeness (QED) is 0.844. The summed E-state index contributed by atoms with van der Waals surface area (Å²) in [7, 11) is 0. The molecular formula is C16H14F3N3O2. The molecule has 0 N–H and O–H groups in total. The van der Waals surface area contributed by atoms with Crippen LogP contribution in [0.1, 0.15) is 28.2 Å². The highest BCUT2D eigenvalue weighted by atomic mass is 19.4. The summed E-state index contributed by atoms with van der Waals surface area (Å²) in [6, 6.07) is 4.00. The highest BCUT2D eigenvalue weighted by Gasteiger charge is 2.32. The minimum atomic E-state index is -4.74. The average molecular weight is 337 g/mol. The maximum Gasteiger partial charge on any atom is 0.573 e. The Bertz CT molecular complexity index is 760. The first-order valence-electron chi connectivity index (χ1n) is 7.33. The summed E-state index contributed by atoms with van der Waals surface area (Å²) in [5.74, 6) is -0.612. The van der Waals surface area contributed by atoms with Gasteiger partial charge < -0.3 is 9.64 Å². The number of nitrogens with zero attached hydrogens (tertiary/aromatic N) is 3. The molecule has 126 valence electrons. The van der Waals surface area contributed by atoms with Gasteiger partial charge in [-0.15, -0.1) is 13.2 Å². The highest BCUT2D eigenvalue weighted by Crippen LogP contribution is 2.33. The molecule has 2 aromatic rings. The maximum atomic E-state index is 12.6. The Balaban J connectivity index is 1.88. The number of hydrogen-bond donors (Lipinski definition) is 0. The second-order valence-electron chi connectivity index (χ2n) is 5.44. The number of ether oxygens (including phenoxy) is 1. The molecule has 3 rings (SSSR count). The van der Waals surface area contributed by atoms with Crippen LogP contribution in [0.15, 0.2) is 30.6 Å². The van der Waals surface area contributed by atoms with E-state index in [9.17, 15) is 18.0 Å².